The largest absolute Gasteiger partial charge is 0.325 e. The van der Waals surface area contributed by atoms with E-state index in [1.165, 1.54) is 54.6 Å². The molecule has 2 aromatic rings. The van der Waals surface area contributed by atoms with Crippen LogP contribution < -0.4 is 10.5 Å². The van der Waals surface area contributed by atoms with Gasteiger partial charge in [0.2, 0.25) is 15.9 Å². The molecule has 1 fully saturated rings. The number of hydrogen-bond acceptors (Lipinski definition) is 5. The number of anilines is 1. The maximum atomic E-state index is 12.3. The molecular weight excluding hydrogens is 384 g/mol. The maximum Gasteiger partial charge on any atom is 0.238 e. The number of sulfonamides is 1. The first-order valence-electron chi connectivity index (χ1n) is 8.86. The van der Waals surface area contributed by atoms with Crippen LogP contribution in [0.4, 0.5) is 5.69 Å². The second kappa shape index (κ2) is 8.04. The van der Waals surface area contributed by atoms with Crippen molar-refractivity contribution < 1.29 is 13.2 Å². The highest BCUT2D eigenvalue weighted by Gasteiger charge is 2.23. The Balaban J connectivity index is 1.63. The number of nitrogens with two attached hydrogens (primary N) is 1. The van der Waals surface area contributed by atoms with E-state index < -0.39 is 10.0 Å². The van der Waals surface area contributed by atoms with E-state index >= 15 is 0 Å². The first-order chi connectivity index (χ1) is 12.8. The minimum atomic E-state index is -3.74. The summed E-state index contributed by atoms with van der Waals surface area (Å²) in [6.45, 7) is 4.08. The molecule has 0 bridgehead atoms. The minimum absolute atomic E-state index is 0.0133. The molecule has 0 unspecified atom stereocenters. The molecule has 1 saturated carbocycles. The average Bonchev–Trinajstić information content (AvgIpc) is 3.21. The van der Waals surface area contributed by atoms with E-state index in [4.69, 9.17) is 5.14 Å². The molecule has 7 nitrogen and oxygen atoms in total. The number of amides is 1. The maximum absolute atomic E-state index is 12.3. The molecule has 0 spiro atoms. The van der Waals surface area contributed by atoms with Crippen LogP contribution in [0.3, 0.4) is 0 Å². The molecule has 27 heavy (non-hydrogen) atoms. The number of primary sulfonamides is 1. The average molecular weight is 409 g/mol. The fraction of sp³-hybridized carbons (Fsp3) is 0.444. The standard InChI is InChI=1S/C18H24N4O3S2/c1-12-13(2)22(15-5-3-4-6-15)18(20-12)26-11-17(23)21-14-7-9-16(10-8-14)27(19,24)25/h7-10,15H,3-6,11H2,1-2H3,(H,21,23)(H2,19,24,25). The number of hydrogen-bond donors (Lipinski definition) is 2. The van der Waals surface area contributed by atoms with Gasteiger partial charge in [-0.3, -0.25) is 4.79 Å². The zero-order chi connectivity index (χ0) is 19.6. The lowest BCUT2D eigenvalue weighted by molar-refractivity contribution is -0.113. The summed E-state index contributed by atoms with van der Waals surface area (Å²) in [4.78, 5) is 16.9. The minimum Gasteiger partial charge on any atom is -0.325 e. The molecule has 1 amide bonds. The summed E-state index contributed by atoms with van der Waals surface area (Å²) in [5, 5.41) is 8.73. The van der Waals surface area contributed by atoms with Crippen LogP contribution in [0.1, 0.15) is 43.1 Å². The molecule has 1 aromatic carbocycles. The van der Waals surface area contributed by atoms with Crippen molar-refractivity contribution in [2.75, 3.05) is 11.1 Å². The molecule has 146 valence electrons. The Labute approximate surface area is 163 Å². The molecule has 1 aliphatic rings. The number of rotatable bonds is 6. The quantitative estimate of drug-likeness (QED) is 0.715. The fourth-order valence-electron chi connectivity index (χ4n) is 3.35. The third kappa shape index (κ3) is 4.72. The molecule has 1 aromatic heterocycles. The first kappa shape index (κ1) is 19.9. The van der Waals surface area contributed by atoms with Gasteiger partial charge in [0.25, 0.3) is 0 Å². The Bertz CT molecular complexity index is 930. The van der Waals surface area contributed by atoms with Crippen LogP contribution in [-0.4, -0.2) is 29.6 Å². The highest BCUT2D eigenvalue weighted by atomic mass is 32.2. The van der Waals surface area contributed by atoms with Gasteiger partial charge in [0.15, 0.2) is 5.16 Å². The van der Waals surface area contributed by atoms with Crippen molar-refractivity contribution in [2.45, 2.75) is 55.6 Å². The summed E-state index contributed by atoms with van der Waals surface area (Å²) >= 11 is 1.43. The summed E-state index contributed by atoms with van der Waals surface area (Å²) in [6.07, 6.45) is 4.79. The van der Waals surface area contributed by atoms with Crippen molar-refractivity contribution in [1.29, 1.82) is 0 Å². The van der Waals surface area contributed by atoms with Gasteiger partial charge in [0.1, 0.15) is 0 Å². The number of carbonyl (C=O) groups excluding carboxylic acids is 1. The van der Waals surface area contributed by atoms with Crippen LogP contribution in [0, 0.1) is 13.8 Å². The number of aryl methyl sites for hydroxylation is 1. The monoisotopic (exact) mass is 408 g/mol. The molecular formula is C18H24N4O3S2. The Kier molecular flexibility index (Phi) is 5.92. The molecule has 9 heteroatoms. The Morgan fingerprint density at radius 2 is 1.89 bits per heavy atom. The van der Waals surface area contributed by atoms with Gasteiger partial charge in [-0.1, -0.05) is 24.6 Å². The van der Waals surface area contributed by atoms with E-state index in [0.29, 0.717) is 11.7 Å². The highest BCUT2D eigenvalue weighted by molar-refractivity contribution is 7.99. The summed E-state index contributed by atoms with van der Waals surface area (Å²) in [5.41, 5.74) is 2.70. The van der Waals surface area contributed by atoms with E-state index in [0.717, 1.165) is 23.7 Å². The molecule has 0 radical (unpaired) electrons. The highest BCUT2D eigenvalue weighted by Crippen LogP contribution is 2.35. The molecule has 3 rings (SSSR count). The molecule has 0 aliphatic heterocycles. The third-order valence-corrected chi connectivity index (χ3v) is 6.73. The summed E-state index contributed by atoms with van der Waals surface area (Å²) in [5.74, 6) is 0.0687. The number of imidazole rings is 1. The first-order valence-corrected chi connectivity index (χ1v) is 11.4. The number of carbonyl (C=O) groups is 1. The molecule has 0 saturated heterocycles. The normalized spacial score (nSPS) is 15.2. The van der Waals surface area contributed by atoms with Gasteiger partial charge in [-0.2, -0.15) is 0 Å². The Hall–Kier alpha value is -1.84. The van der Waals surface area contributed by atoms with Crippen LogP contribution in [-0.2, 0) is 14.8 Å². The summed E-state index contributed by atoms with van der Waals surface area (Å²) < 4.78 is 24.8. The number of aromatic nitrogens is 2. The number of thioether (sulfide) groups is 1. The van der Waals surface area contributed by atoms with Crippen LogP contribution >= 0.6 is 11.8 Å². The SMILES string of the molecule is Cc1nc(SCC(=O)Nc2ccc(S(N)(=O)=O)cc2)n(C2CCCC2)c1C. The van der Waals surface area contributed by atoms with Gasteiger partial charge in [-0.25, -0.2) is 18.5 Å². The van der Waals surface area contributed by atoms with E-state index in [-0.39, 0.29) is 16.6 Å². The van der Waals surface area contributed by atoms with Crippen molar-refractivity contribution in [3.05, 3.63) is 35.7 Å². The van der Waals surface area contributed by atoms with Crippen LogP contribution in [0.25, 0.3) is 0 Å². The molecule has 3 N–H and O–H groups in total. The van der Waals surface area contributed by atoms with Crippen molar-refractivity contribution in [2.24, 2.45) is 5.14 Å². The summed E-state index contributed by atoms with van der Waals surface area (Å²) in [7, 11) is -3.74. The number of nitrogens with one attached hydrogen (secondary N) is 1. The lowest BCUT2D eigenvalue weighted by atomic mass is 10.2. The predicted octanol–water partition coefficient (Wildman–Crippen LogP) is 2.99. The van der Waals surface area contributed by atoms with Crippen molar-refractivity contribution in [3.8, 4) is 0 Å². The van der Waals surface area contributed by atoms with Crippen LogP contribution in [0.2, 0.25) is 0 Å². The van der Waals surface area contributed by atoms with Gasteiger partial charge < -0.3 is 9.88 Å². The zero-order valence-electron chi connectivity index (χ0n) is 15.4. The van der Waals surface area contributed by atoms with Crippen LogP contribution in [0.5, 0.6) is 0 Å². The Morgan fingerprint density at radius 3 is 2.48 bits per heavy atom. The molecule has 0 atom stereocenters. The van der Waals surface area contributed by atoms with E-state index in [1.54, 1.807) is 0 Å². The number of benzene rings is 1. The van der Waals surface area contributed by atoms with Crippen molar-refractivity contribution in [3.63, 3.8) is 0 Å². The second-order valence-corrected chi connectivity index (χ2v) is 9.28. The second-order valence-electron chi connectivity index (χ2n) is 6.78. The van der Waals surface area contributed by atoms with E-state index in [1.807, 2.05) is 6.92 Å². The van der Waals surface area contributed by atoms with Gasteiger partial charge in [-0.15, -0.1) is 0 Å². The lowest BCUT2D eigenvalue weighted by Gasteiger charge is -2.16. The predicted molar refractivity (Wildman–Crippen MR) is 106 cm³/mol. The van der Waals surface area contributed by atoms with Gasteiger partial charge in [-0.05, 0) is 51.0 Å². The topological polar surface area (TPSA) is 107 Å². The summed E-state index contributed by atoms with van der Waals surface area (Å²) in [6, 6.07) is 6.27. The molecule has 1 aliphatic carbocycles. The smallest absolute Gasteiger partial charge is 0.238 e. The van der Waals surface area contributed by atoms with Crippen molar-refractivity contribution >= 4 is 33.4 Å². The van der Waals surface area contributed by atoms with Gasteiger partial charge in [0.05, 0.1) is 16.3 Å². The van der Waals surface area contributed by atoms with E-state index in [2.05, 4.69) is 21.8 Å². The fourth-order valence-corrected chi connectivity index (χ4v) is 4.82. The van der Waals surface area contributed by atoms with E-state index in [9.17, 15) is 13.2 Å². The number of nitrogens with zero attached hydrogens (tertiary/aromatic N) is 2. The third-order valence-electron chi connectivity index (χ3n) is 4.84. The van der Waals surface area contributed by atoms with Crippen molar-refractivity contribution in [1.82, 2.24) is 9.55 Å². The lowest BCUT2D eigenvalue weighted by Crippen LogP contribution is -2.16. The van der Waals surface area contributed by atoms with Gasteiger partial charge in [0, 0.05) is 17.4 Å². The Morgan fingerprint density at radius 1 is 1.26 bits per heavy atom. The van der Waals surface area contributed by atoms with Gasteiger partial charge >= 0.3 is 0 Å². The van der Waals surface area contributed by atoms with Crippen LogP contribution in [0.15, 0.2) is 34.3 Å². The zero-order valence-corrected chi connectivity index (χ0v) is 17.1. The molecule has 1 heterocycles.